The lowest BCUT2D eigenvalue weighted by atomic mass is 10.1. The molecule has 0 aliphatic carbocycles. The van der Waals surface area contributed by atoms with Gasteiger partial charge in [-0.25, -0.2) is 8.78 Å². The molecule has 0 atom stereocenters. The van der Waals surface area contributed by atoms with E-state index in [2.05, 4.69) is 5.32 Å². The summed E-state index contributed by atoms with van der Waals surface area (Å²) in [5, 5.41) is 2.84. The average Bonchev–Trinajstić information content (AvgIpc) is 2.86. The molecular weight excluding hydrogens is 306 g/mol. The van der Waals surface area contributed by atoms with Gasteiger partial charge in [0, 0.05) is 11.5 Å². The van der Waals surface area contributed by atoms with Gasteiger partial charge in [0.25, 0.3) is 11.8 Å². The van der Waals surface area contributed by atoms with E-state index in [9.17, 15) is 18.4 Å². The van der Waals surface area contributed by atoms with Gasteiger partial charge in [0.05, 0.1) is 5.56 Å². The molecule has 3 N–H and O–H groups in total. The Hall–Kier alpha value is -3.22. The highest BCUT2D eigenvalue weighted by Crippen LogP contribution is 2.31. The Bertz CT molecular complexity index is 934. The lowest BCUT2D eigenvalue weighted by Crippen LogP contribution is -2.18. The molecule has 23 heavy (non-hydrogen) atoms. The van der Waals surface area contributed by atoms with Crippen molar-refractivity contribution in [1.29, 1.82) is 0 Å². The standard InChI is InChI=1S/C16H10F2N2O3/c17-8-5-6-9(11(18)7-8)16(22)20-13-10-3-1-2-4-12(10)23-14(13)15(19)21/h1-7H,(H2,19,21)(H,20,22). The number of hydrogen-bond acceptors (Lipinski definition) is 3. The van der Waals surface area contributed by atoms with Crippen molar-refractivity contribution < 1.29 is 22.8 Å². The van der Waals surface area contributed by atoms with Crippen LogP contribution in [0, 0.1) is 11.6 Å². The molecule has 0 radical (unpaired) electrons. The smallest absolute Gasteiger partial charge is 0.286 e. The number of anilines is 1. The van der Waals surface area contributed by atoms with Crippen LogP contribution in [-0.2, 0) is 0 Å². The number of primary amides is 1. The fraction of sp³-hybridized carbons (Fsp3) is 0. The maximum Gasteiger partial charge on any atom is 0.286 e. The molecule has 0 bridgehead atoms. The van der Waals surface area contributed by atoms with E-state index in [1.54, 1.807) is 24.3 Å². The van der Waals surface area contributed by atoms with Crippen molar-refractivity contribution in [1.82, 2.24) is 0 Å². The molecule has 0 saturated carbocycles. The first-order valence-corrected chi connectivity index (χ1v) is 6.55. The van der Waals surface area contributed by atoms with Crippen LogP contribution in [0.2, 0.25) is 0 Å². The van der Waals surface area contributed by atoms with Crippen LogP contribution in [-0.4, -0.2) is 11.8 Å². The molecule has 1 aromatic heterocycles. The van der Waals surface area contributed by atoms with Crippen molar-refractivity contribution in [3.63, 3.8) is 0 Å². The fourth-order valence-electron chi connectivity index (χ4n) is 2.20. The first-order chi connectivity index (χ1) is 11.0. The van der Waals surface area contributed by atoms with E-state index in [-0.39, 0.29) is 17.0 Å². The molecule has 3 rings (SSSR count). The minimum Gasteiger partial charge on any atom is -0.449 e. The predicted octanol–water partition coefficient (Wildman–Crippen LogP) is 3.06. The molecule has 7 heteroatoms. The number of nitrogens with one attached hydrogen (secondary N) is 1. The molecule has 0 aliphatic rings. The Morgan fingerprint density at radius 2 is 1.83 bits per heavy atom. The van der Waals surface area contributed by atoms with Crippen LogP contribution in [0.3, 0.4) is 0 Å². The van der Waals surface area contributed by atoms with Gasteiger partial charge in [-0.1, -0.05) is 12.1 Å². The molecule has 2 amide bonds. The summed E-state index contributed by atoms with van der Waals surface area (Å²) in [5.41, 5.74) is 5.25. The van der Waals surface area contributed by atoms with E-state index in [0.717, 1.165) is 12.1 Å². The highest BCUT2D eigenvalue weighted by Gasteiger charge is 2.22. The molecule has 2 aromatic carbocycles. The first kappa shape index (κ1) is 14.7. The molecule has 116 valence electrons. The van der Waals surface area contributed by atoms with Crippen molar-refractivity contribution in [2.24, 2.45) is 5.73 Å². The van der Waals surface area contributed by atoms with E-state index >= 15 is 0 Å². The van der Waals surface area contributed by atoms with Gasteiger partial charge in [-0.3, -0.25) is 9.59 Å². The van der Waals surface area contributed by atoms with Crippen LogP contribution in [0.5, 0.6) is 0 Å². The zero-order chi connectivity index (χ0) is 16.6. The van der Waals surface area contributed by atoms with Gasteiger partial charge in [-0.05, 0) is 24.3 Å². The second-order valence-electron chi connectivity index (χ2n) is 4.74. The van der Waals surface area contributed by atoms with Gasteiger partial charge >= 0.3 is 0 Å². The van der Waals surface area contributed by atoms with Crippen LogP contribution in [0.1, 0.15) is 20.9 Å². The Morgan fingerprint density at radius 3 is 2.52 bits per heavy atom. The number of carbonyl (C=O) groups excluding carboxylic acids is 2. The number of rotatable bonds is 3. The number of carbonyl (C=O) groups is 2. The molecule has 0 aliphatic heterocycles. The summed E-state index contributed by atoms with van der Waals surface area (Å²) in [6, 6.07) is 9.13. The number of furan rings is 1. The van der Waals surface area contributed by atoms with Crippen LogP contribution in [0.25, 0.3) is 11.0 Å². The van der Waals surface area contributed by atoms with E-state index in [0.29, 0.717) is 17.0 Å². The van der Waals surface area contributed by atoms with E-state index in [1.807, 2.05) is 0 Å². The van der Waals surface area contributed by atoms with Gasteiger partial charge in [0.1, 0.15) is 22.9 Å². The third-order valence-electron chi connectivity index (χ3n) is 3.23. The zero-order valence-corrected chi connectivity index (χ0v) is 11.6. The summed E-state index contributed by atoms with van der Waals surface area (Å²) in [7, 11) is 0. The molecule has 0 saturated heterocycles. The van der Waals surface area contributed by atoms with Crippen LogP contribution in [0.15, 0.2) is 46.9 Å². The van der Waals surface area contributed by atoms with E-state index in [1.165, 1.54) is 0 Å². The number of amides is 2. The first-order valence-electron chi connectivity index (χ1n) is 6.55. The fourth-order valence-corrected chi connectivity index (χ4v) is 2.20. The lowest BCUT2D eigenvalue weighted by molar-refractivity contribution is 0.0977. The number of para-hydroxylation sites is 1. The van der Waals surface area contributed by atoms with Gasteiger partial charge in [-0.15, -0.1) is 0 Å². The van der Waals surface area contributed by atoms with Crippen molar-refractivity contribution in [3.8, 4) is 0 Å². The van der Waals surface area contributed by atoms with E-state index < -0.39 is 23.4 Å². The maximum absolute atomic E-state index is 13.7. The number of halogens is 2. The normalized spacial score (nSPS) is 10.7. The second-order valence-corrected chi connectivity index (χ2v) is 4.74. The van der Waals surface area contributed by atoms with Gasteiger partial charge < -0.3 is 15.5 Å². The lowest BCUT2D eigenvalue weighted by Gasteiger charge is -2.06. The highest BCUT2D eigenvalue weighted by molar-refractivity contribution is 6.14. The molecule has 3 aromatic rings. The summed E-state index contributed by atoms with van der Waals surface area (Å²) in [6.07, 6.45) is 0. The van der Waals surface area contributed by atoms with Crippen molar-refractivity contribution in [2.45, 2.75) is 0 Å². The SMILES string of the molecule is NC(=O)c1oc2ccccc2c1NC(=O)c1ccc(F)cc1F. The average molecular weight is 316 g/mol. The van der Waals surface area contributed by atoms with Crippen molar-refractivity contribution >= 4 is 28.5 Å². The van der Waals surface area contributed by atoms with Crippen molar-refractivity contribution in [2.75, 3.05) is 5.32 Å². The van der Waals surface area contributed by atoms with Crippen molar-refractivity contribution in [3.05, 3.63) is 65.4 Å². The molecular formula is C16H10F2N2O3. The maximum atomic E-state index is 13.7. The van der Waals surface area contributed by atoms with Crippen LogP contribution >= 0.6 is 0 Å². The molecule has 0 spiro atoms. The number of nitrogens with two attached hydrogens (primary N) is 1. The molecule has 1 heterocycles. The highest BCUT2D eigenvalue weighted by atomic mass is 19.1. The summed E-state index contributed by atoms with van der Waals surface area (Å²) in [4.78, 5) is 23.7. The minimum absolute atomic E-state index is 0.0434. The van der Waals surface area contributed by atoms with Crippen LogP contribution in [0.4, 0.5) is 14.5 Å². The number of fused-ring (bicyclic) bond motifs is 1. The van der Waals surface area contributed by atoms with E-state index in [4.69, 9.17) is 10.2 Å². The molecule has 0 fully saturated rings. The zero-order valence-electron chi connectivity index (χ0n) is 11.6. The van der Waals surface area contributed by atoms with Crippen LogP contribution < -0.4 is 11.1 Å². The number of hydrogen-bond donors (Lipinski definition) is 2. The summed E-state index contributed by atoms with van der Waals surface area (Å²) < 4.78 is 31.9. The molecule has 0 unspecified atom stereocenters. The van der Waals surface area contributed by atoms with Gasteiger partial charge in [0.2, 0.25) is 5.76 Å². The topological polar surface area (TPSA) is 85.3 Å². The third-order valence-corrected chi connectivity index (χ3v) is 3.23. The second kappa shape index (κ2) is 5.53. The molecule has 5 nitrogen and oxygen atoms in total. The Kier molecular flexibility index (Phi) is 3.53. The predicted molar refractivity (Wildman–Crippen MR) is 79.0 cm³/mol. The number of benzene rings is 2. The van der Waals surface area contributed by atoms with Gasteiger partial charge in [-0.2, -0.15) is 0 Å². The third kappa shape index (κ3) is 2.64. The minimum atomic E-state index is -1.02. The Balaban J connectivity index is 2.05. The summed E-state index contributed by atoms with van der Waals surface area (Å²) >= 11 is 0. The Labute approximate surface area is 128 Å². The summed E-state index contributed by atoms with van der Waals surface area (Å²) in [5.74, 6) is -3.80. The van der Waals surface area contributed by atoms with Gasteiger partial charge in [0.15, 0.2) is 0 Å². The summed E-state index contributed by atoms with van der Waals surface area (Å²) in [6.45, 7) is 0. The largest absolute Gasteiger partial charge is 0.449 e. The quantitative estimate of drug-likeness (QED) is 0.778. The Morgan fingerprint density at radius 1 is 1.09 bits per heavy atom. The monoisotopic (exact) mass is 316 g/mol.